The summed E-state index contributed by atoms with van der Waals surface area (Å²) in [6, 6.07) is 7.27. The van der Waals surface area contributed by atoms with E-state index in [4.69, 9.17) is 5.73 Å². The third kappa shape index (κ3) is 1.98. The summed E-state index contributed by atoms with van der Waals surface area (Å²) >= 11 is 0. The van der Waals surface area contributed by atoms with E-state index in [0.29, 0.717) is 5.69 Å². The summed E-state index contributed by atoms with van der Waals surface area (Å²) in [5.41, 5.74) is 7.97. The summed E-state index contributed by atoms with van der Waals surface area (Å²) in [6.45, 7) is 0. The van der Waals surface area contributed by atoms with E-state index in [1.807, 2.05) is 30.4 Å². The van der Waals surface area contributed by atoms with Gasteiger partial charge in [-0.1, -0.05) is 18.2 Å². The van der Waals surface area contributed by atoms with Crippen molar-refractivity contribution in [1.82, 2.24) is 0 Å². The van der Waals surface area contributed by atoms with E-state index in [1.165, 1.54) is 0 Å². The molecule has 16 heavy (non-hydrogen) atoms. The molecule has 0 bridgehead atoms. The van der Waals surface area contributed by atoms with Crippen molar-refractivity contribution in [3.8, 4) is 0 Å². The number of allylic oxidation sites excluding steroid dienone is 3. The van der Waals surface area contributed by atoms with E-state index in [2.05, 4.69) is 0 Å². The Bertz CT molecular complexity index is 457. The standard InChI is InChI=1S/C13H14N2O/c1-15(12-8-6-11(14)7-9-12)13(16)10-4-2-3-5-10/h2-4,6-9H,5,14H2,1H3. The summed E-state index contributed by atoms with van der Waals surface area (Å²) in [5, 5.41) is 0. The van der Waals surface area contributed by atoms with Gasteiger partial charge in [0, 0.05) is 24.0 Å². The van der Waals surface area contributed by atoms with E-state index < -0.39 is 0 Å². The smallest absolute Gasteiger partial charge is 0.254 e. The first-order chi connectivity index (χ1) is 7.68. The van der Waals surface area contributed by atoms with Crippen LogP contribution in [0.1, 0.15) is 6.42 Å². The molecule has 1 aliphatic rings. The number of nitrogens with two attached hydrogens (primary N) is 1. The maximum Gasteiger partial charge on any atom is 0.254 e. The molecule has 0 radical (unpaired) electrons. The lowest BCUT2D eigenvalue weighted by molar-refractivity contribution is -0.114. The predicted molar refractivity (Wildman–Crippen MR) is 66.1 cm³/mol. The first-order valence-corrected chi connectivity index (χ1v) is 5.18. The molecule has 3 nitrogen and oxygen atoms in total. The summed E-state index contributed by atoms with van der Waals surface area (Å²) in [4.78, 5) is 13.7. The molecule has 1 aromatic rings. The second kappa shape index (κ2) is 4.23. The molecule has 1 aromatic carbocycles. The van der Waals surface area contributed by atoms with Crippen molar-refractivity contribution in [3.63, 3.8) is 0 Å². The number of nitrogens with zero attached hydrogens (tertiary/aromatic N) is 1. The lowest BCUT2D eigenvalue weighted by Crippen LogP contribution is -2.27. The number of hydrogen-bond donors (Lipinski definition) is 1. The summed E-state index contributed by atoms with van der Waals surface area (Å²) in [7, 11) is 1.77. The Kier molecular flexibility index (Phi) is 2.77. The molecular weight excluding hydrogens is 200 g/mol. The molecule has 0 fully saturated rings. The number of anilines is 2. The topological polar surface area (TPSA) is 46.3 Å². The SMILES string of the molecule is CN(C(=O)C1=CC=CC1)c1ccc(N)cc1. The monoisotopic (exact) mass is 214 g/mol. The van der Waals surface area contributed by atoms with Gasteiger partial charge in [0.25, 0.3) is 5.91 Å². The Labute approximate surface area is 94.9 Å². The maximum atomic E-state index is 12.0. The van der Waals surface area contributed by atoms with Gasteiger partial charge in [0.15, 0.2) is 0 Å². The summed E-state index contributed by atoms with van der Waals surface area (Å²) < 4.78 is 0. The predicted octanol–water partition coefficient (Wildman–Crippen LogP) is 2.12. The highest BCUT2D eigenvalue weighted by atomic mass is 16.2. The Morgan fingerprint density at radius 1 is 1.31 bits per heavy atom. The van der Waals surface area contributed by atoms with E-state index in [-0.39, 0.29) is 5.91 Å². The van der Waals surface area contributed by atoms with E-state index in [0.717, 1.165) is 17.7 Å². The quantitative estimate of drug-likeness (QED) is 0.766. The second-order valence-corrected chi connectivity index (χ2v) is 3.78. The van der Waals surface area contributed by atoms with Gasteiger partial charge in [-0.25, -0.2) is 0 Å². The number of carbonyl (C=O) groups is 1. The van der Waals surface area contributed by atoms with Gasteiger partial charge in [-0.3, -0.25) is 4.79 Å². The first-order valence-electron chi connectivity index (χ1n) is 5.18. The number of benzene rings is 1. The van der Waals surface area contributed by atoms with Gasteiger partial charge in [0.2, 0.25) is 0 Å². The molecule has 1 aliphatic carbocycles. The molecule has 82 valence electrons. The second-order valence-electron chi connectivity index (χ2n) is 3.78. The van der Waals surface area contributed by atoms with Crippen molar-refractivity contribution in [2.24, 2.45) is 0 Å². The zero-order valence-electron chi connectivity index (χ0n) is 9.18. The maximum absolute atomic E-state index is 12.0. The Hall–Kier alpha value is -2.03. The van der Waals surface area contributed by atoms with Gasteiger partial charge in [-0.05, 0) is 30.7 Å². The Morgan fingerprint density at radius 2 is 2.00 bits per heavy atom. The van der Waals surface area contributed by atoms with Gasteiger partial charge in [0.05, 0.1) is 0 Å². The third-order valence-corrected chi connectivity index (χ3v) is 2.63. The molecule has 0 saturated heterocycles. The fourth-order valence-electron chi connectivity index (χ4n) is 1.64. The minimum atomic E-state index is 0.0368. The molecule has 0 saturated carbocycles. The van der Waals surface area contributed by atoms with Crippen LogP contribution in [0.15, 0.2) is 48.1 Å². The molecule has 0 spiro atoms. The molecule has 2 rings (SSSR count). The van der Waals surface area contributed by atoms with Crippen molar-refractivity contribution in [2.45, 2.75) is 6.42 Å². The number of carbonyl (C=O) groups excluding carboxylic acids is 1. The molecule has 0 heterocycles. The van der Waals surface area contributed by atoms with Crippen LogP contribution in [-0.4, -0.2) is 13.0 Å². The highest BCUT2D eigenvalue weighted by Crippen LogP contribution is 2.19. The van der Waals surface area contributed by atoms with E-state index >= 15 is 0 Å². The van der Waals surface area contributed by atoms with Crippen molar-refractivity contribution in [1.29, 1.82) is 0 Å². The molecule has 3 heteroatoms. The van der Waals surface area contributed by atoms with Crippen LogP contribution in [0.2, 0.25) is 0 Å². The van der Waals surface area contributed by atoms with Crippen molar-refractivity contribution in [2.75, 3.05) is 17.7 Å². The number of likely N-dealkylation sites (N-methyl/N-ethyl adjacent to an activating group) is 1. The van der Waals surface area contributed by atoms with Crippen molar-refractivity contribution in [3.05, 3.63) is 48.1 Å². The van der Waals surface area contributed by atoms with Crippen molar-refractivity contribution < 1.29 is 4.79 Å². The molecule has 0 unspecified atom stereocenters. The van der Waals surface area contributed by atoms with Gasteiger partial charge in [-0.2, -0.15) is 0 Å². The highest BCUT2D eigenvalue weighted by Gasteiger charge is 2.16. The average molecular weight is 214 g/mol. The number of rotatable bonds is 2. The molecule has 0 atom stereocenters. The number of hydrogen-bond acceptors (Lipinski definition) is 2. The van der Waals surface area contributed by atoms with Crippen molar-refractivity contribution >= 4 is 17.3 Å². The normalized spacial score (nSPS) is 13.7. The van der Waals surface area contributed by atoms with Crippen LogP contribution >= 0.6 is 0 Å². The molecule has 2 N–H and O–H groups in total. The van der Waals surface area contributed by atoms with Crippen LogP contribution in [0.4, 0.5) is 11.4 Å². The lowest BCUT2D eigenvalue weighted by atomic mass is 10.2. The lowest BCUT2D eigenvalue weighted by Gasteiger charge is -2.18. The van der Waals surface area contributed by atoms with E-state index in [1.54, 1.807) is 24.1 Å². The third-order valence-electron chi connectivity index (χ3n) is 2.63. The van der Waals surface area contributed by atoms with Crippen LogP contribution in [0.3, 0.4) is 0 Å². The van der Waals surface area contributed by atoms with Crippen LogP contribution in [-0.2, 0) is 4.79 Å². The van der Waals surface area contributed by atoms with Crippen LogP contribution in [0.25, 0.3) is 0 Å². The molecule has 1 amide bonds. The number of nitrogen functional groups attached to an aromatic ring is 1. The summed E-state index contributed by atoms with van der Waals surface area (Å²) in [6.07, 6.45) is 6.46. The molecular formula is C13H14N2O. The van der Waals surface area contributed by atoms with Crippen LogP contribution in [0, 0.1) is 0 Å². The van der Waals surface area contributed by atoms with Crippen LogP contribution < -0.4 is 10.6 Å². The summed E-state index contributed by atoms with van der Waals surface area (Å²) in [5.74, 6) is 0.0368. The Balaban J connectivity index is 2.15. The van der Waals surface area contributed by atoms with E-state index in [9.17, 15) is 4.79 Å². The first kappa shape index (κ1) is 10.5. The van der Waals surface area contributed by atoms with Gasteiger partial charge in [0.1, 0.15) is 0 Å². The molecule has 0 aliphatic heterocycles. The van der Waals surface area contributed by atoms with Gasteiger partial charge >= 0.3 is 0 Å². The molecule has 0 aromatic heterocycles. The van der Waals surface area contributed by atoms with Gasteiger partial charge in [-0.15, -0.1) is 0 Å². The zero-order chi connectivity index (χ0) is 11.5. The average Bonchev–Trinajstić information content (AvgIpc) is 2.81. The Morgan fingerprint density at radius 3 is 2.56 bits per heavy atom. The zero-order valence-corrected chi connectivity index (χ0v) is 9.18. The number of amides is 1. The minimum absolute atomic E-state index is 0.0368. The van der Waals surface area contributed by atoms with Crippen LogP contribution in [0.5, 0.6) is 0 Å². The minimum Gasteiger partial charge on any atom is -0.399 e. The largest absolute Gasteiger partial charge is 0.399 e. The fraction of sp³-hybridized carbons (Fsp3) is 0.154. The fourth-order valence-corrected chi connectivity index (χ4v) is 1.64. The van der Waals surface area contributed by atoms with Gasteiger partial charge < -0.3 is 10.6 Å². The highest BCUT2D eigenvalue weighted by molar-refractivity contribution is 6.06.